The molecule has 5 nitrogen and oxygen atoms in total. The summed E-state index contributed by atoms with van der Waals surface area (Å²) in [5.74, 6) is 0. The molecule has 0 amide bonds. The van der Waals surface area contributed by atoms with Gasteiger partial charge in [0.1, 0.15) is 6.54 Å². The summed E-state index contributed by atoms with van der Waals surface area (Å²) in [6, 6.07) is 0. The second-order valence-corrected chi connectivity index (χ2v) is 4.95. The van der Waals surface area contributed by atoms with Gasteiger partial charge in [0.25, 0.3) is 0 Å². The molecule has 0 aliphatic rings. The van der Waals surface area contributed by atoms with Crippen LogP contribution >= 0.6 is 11.6 Å². The molecule has 2 aromatic heterocycles. The Morgan fingerprint density at radius 1 is 1.24 bits per heavy atom. The Morgan fingerprint density at radius 2 is 2.00 bits per heavy atom. The Hall–Kier alpha value is -1.54. The first-order chi connectivity index (χ1) is 9.87. The van der Waals surface area contributed by atoms with Crippen LogP contribution < -0.4 is 5.32 Å². The molecule has 1 N–H and O–H groups in total. The number of nitrogens with one attached hydrogen (secondary N) is 1. The molecule has 2 aromatic rings. The first-order valence-electron chi connectivity index (χ1n) is 6.38. The smallest absolute Gasteiger partial charge is 0.307 e. The third-order valence-corrected chi connectivity index (χ3v) is 3.08. The Labute approximate surface area is 124 Å². The van der Waals surface area contributed by atoms with Crippen molar-refractivity contribution in [3.8, 4) is 0 Å². The number of halogens is 4. The van der Waals surface area contributed by atoms with Crippen molar-refractivity contribution in [2.24, 2.45) is 0 Å². The van der Waals surface area contributed by atoms with Crippen LogP contribution in [0.3, 0.4) is 0 Å². The van der Waals surface area contributed by atoms with Crippen LogP contribution in [0.1, 0.15) is 18.2 Å². The van der Waals surface area contributed by atoms with Gasteiger partial charge in [-0.2, -0.15) is 23.4 Å². The van der Waals surface area contributed by atoms with Gasteiger partial charge < -0.3 is 5.32 Å². The number of alkyl halides is 3. The molecule has 0 aromatic carbocycles. The second-order valence-electron chi connectivity index (χ2n) is 4.54. The van der Waals surface area contributed by atoms with Gasteiger partial charge in [0.15, 0.2) is 0 Å². The third-order valence-electron chi connectivity index (χ3n) is 2.76. The highest BCUT2D eigenvalue weighted by molar-refractivity contribution is 6.31. The highest BCUT2D eigenvalue weighted by Gasteiger charge is 2.28. The molecular weight excluding hydrogens is 307 g/mol. The minimum atomic E-state index is -4.27. The van der Waals surface area contributed by atoms with E-state index in [0.717, 1.165) is 11.2 Å². The third kappa shape index (κ3) is 4.75. The average molecular weight is 322 g/mol. The zero-order chi connectivity index (χ0) is 15.5. The van der Waals surface area contributed by atoms with E-state index in [1.807, 2.05) is 6.92 Å². The number of hydrogen-bond acceptors (Lipinski definition) is 3. The van der Waals surface area contributed by atoms with Gasteiger partial charge in [-0.1, -0.05) is 11.6 Å². The van der Waals surface area contributed by atoms with E-state index in [0.29, 0.717) is 29.4 Å². The molecule has 0 saturated heterocycles. The summed E-state index contributed by atoms with van der Waals surface area (Å²) in [7, 11) is 0. The fraction of sp³-hybridized carbons (Fsp3) is 0.500. The van der Waals surface area contributed by atoms with Gasteiger partial charge in [0.2, 0.25) is 0 Å². The van der Waals surface area contributed by atoms with Crippen LogP contribution in [-0.2, 0) is 26.2 Å². The lowest BCUT2D eigenvalue weighted by Gasteiger charge is -2.05. The lowest BCUT2D eigenvalue weighted by atomic mass is 10.3. The van der Waals surface area contributed by atoms with Crippen molar-refractivity contribution in [3.63, 3.8) is 0 Å². The summed E-state index contributed by atoms with van der Waals surface area (Å²) >= 11 is 6.02. The molecule has 0 fully saturated rings. The van der Waals surface area contributed by atoms with Crippen molar-refractivity contribution >= 4 is 11.6 Å². The van der Waals surface area contributed by atoms with Crippen molar-refractivity contribution < 1.29 is 13.2 Å². The molecule has 9 heteroatoms. The average Bonchev–Trinajstić information content (AvgIpc) is 2.95. The predicted octanol–water partition coefficient (Wildman–Crippen LogP) is 2.61. The van der Waals surface area contributed by atoms with Crippen molar-refractivity contribution in [3.05, 3.63) is 34.9 Å². The molecule has 0 bridgehead atoms. The Balaban J connectivity index is 1.84. The Morgan fingerprint density at radius 3 is 2.62 bits per heavy atom. The largest absolute Gasteiger partial charge is 0.408 e. The summed E-state index contributed by atoms with van der Waals surface area (Å²) < 4.78 is 39.2. The van der Waals surface area contributed by atoms with Crippen molar-refractivity contribution in [2.75, 3.05) is 0 Å². The molecule has 0 radical (unpaired) electrons. The molecule has 21 heavy (non-hydrogen) atoms. The zero-order valence-corrected chi connectivity index (χ0v) is 12.1. The SMILES string of the molecule is CCn1cc(Cl)c(CNCc2cnn(CC(F)(F)F)c2)n1. The number of aryl methyl sites for hydroxylation is 1. The number of aromatic nitrogens is 4. The Kier molecular flexibility index (Phi) is 4.89. The van der Waals surface area contributed by atoms with Gasteiger partial charge in [-0.25, -0.2) is 0 Å². The highest BCUT2D eigenvalue weighted by Crippen LogP contribution is 2.17. The molecule has 2 heterocycles. The molecule has 2 rings (SSSR count). The molecule has 0 saturated carbocycles. The summed E-state index contributed by atoms with van der Waals surface area (Å²) in [6.07, 6.45) is 0.245. The van der Waals surface area contributed by atoms with Gasteiger partial charge >= 0.3 is 6.18 Å². The number of nitrogens with zero attached hydrogens (tertiary/aromatic N) is 4. The van der Waals surface area contributed by atoms with E-state index in [9.17, 15) is 13.2 Å². The molecular formula is C12H15ClF3N5. The molecule has 0 aliphatic heterocycles. The monoisotopic (exact) mass is 321 g/mol. The van der Waals surface area contributed by atoms with Crippen LogP contribution in [0.25, 0.3) is 0 Å². The number of rotatable bonds is 6. The van der Waals surface area contributed by atoms with Crippen LogP contribution in [0.2, 0.25) is 5.02 Å². The van der Waals surface area contributed by atoms with Crippen LogP contribution in [0, 0.1) is 0 Å². The van der Waals surface area contributed by atoms with Crippen molar-refractivity contribution in [1.82, 2.24) is 24.9 Å². The first-order valence-corrected chi connectivity index (χ1v) is 6.76. The van der Waals surface area contributed by atoms with Crippen LogP contribution in [-0.4, -0.2) is 25.7 Å². The molecule has 0 aliphatic carbocycles. The summed E-state index contributed by atoms with van der Waals surface area (Å²) in [5, 5.41) is 11.6. The maximum atomic E-state index is 12.2. The van der Waals surface area contributed by atoms with E-state index in [4.69, 9.17) is 11.6 Å². The van der Waals surface area contributed by atoms with Crippen LogP contribution in [0.4, 0.5) is 13.2 Å². The topological polar surface area (TPSA) is 47.7 Å². The second kappa shape index (κ2) is 6.48. The standard InChI is InChI=1S/C12H15ClF3N5/c1-2-20-7-10(13)11(19-20)5-17-3-9-4-18-21(6-9)8-12(14,15)16/h4,6-7,17H,2-3,5,8H2,1H3. The first kappa shape index (κ1) is 15.8. The van der Waals surface area contributed by atoms with E-state index in [-0.39, 0.29) is 0 Å². The lowest BCUT2D eigenvalue weighted by molar-refractivity contribution is -0.142. The number of hydrogen-bond donors (Lipinski definition) is 1. The molecule has 116 valence electrons. The van der Waals surface area contributed by atoms with E-state index in [2.05, 4.69) is 15.5 Å². The minimum Gasteiger partial charge on any atom is -0.307 e. The van der Waals surface area contributed by atoms with Gasteiger partial charge in [-0.3, -0.25) is 9.36 Å². The summed E-state index contributed by atoms with van der Waals surface area (Å²) in [5.41, 5.74) is 1.38. The van der Waals surface area contributed by atoms with E-state index in [1.165, 1.54) is 12.4 Å². The summed E-state index contributed by atoms with van der Waals surface area (Å²) in [6.45, 7) is 2.43. The van der Waals surface area contributed by atoms with Gasteiger partial charge in [-0.15, -0.1) is 0 Å². The highest BCUT2D eigenvalue weighted by atomic mass is 35.5. The molecule has 0 atom stereocenters. The van der Waals surface area contributed by atoms with E-state index in [1.54, 1.807) is 10.9 Å². The maximum Gasteiger partial charge on any atom is 0.408 e. The van der Waals surface area contributed by atoms with Gasteiger partial charge in [0.05, 0.1) is 16.9 Å². The fourth-order valence-electron chi connectivity index (χ4n) is 1.81. The van der Waals surface area contributed by atoms with E-state index < -0.39 is 12.7 Å². The van der Waals surface area contributed by atoms with Crippen LogP contribution in [0.5, 0.6) is 0 Å². The zero-order valence-electron chi connectivity index (χ0n) is 11.4. The lowest BCUT2D eigenvalue weighted by Crippen LogP contribution is -2.18. The minimum absolute atomic E-state index is 0.396. The summed E-state index contributed by atoms with van der Waals surface area (Å²) in [4.78, 5) is 0. The van der Waals surface area contributed by atoms with Crippen molar-refractivity contribution in [1.29, 1.82) is 0 Å². The maximum absolute atomic E-state index is 12.2. The van der Waals surface area contributed by atoms with Crippen molar-refractivity contribution in [2.45, 2.75) is 39.3 Å². The molecule has 0 spiro atoms. The van der Waals surface area contributed by atoms with Gasteiger partial charge in [-0.05, 0) is 6.92 Å². The van der Waals surface area contributed by atoms with Crippen LogP contribution in [0.15, 0.2) is 18.6 Å². The van der Waals surface area contributed by atoms with Gasteiger partial charge in [0, 0.05) is 37.6 Å². The fourth-order valence-corrected chi connectivity index (χ4v) is 2.03. The predicted molar refractivity (Wildman–Crippen MR) is 71.7 cm³/mol. The Bertz CT molecular complexity index is 590. The quantitative estimate of drug-likeness (QED) is 0.889. The van der Waals surface area contributed by atoms with E-state index >= 15 is 0 Å². The molecule has 0 unspecified atom stereocenters. The normalized spacial score (nSPS) is 12.0.